The van der Waals surface area contributed by atoms with Crippen LogP contribution in [0, 0.1) is 6.92 Å². The first-order chi connectivity index (χ1) is 13.4. The van der Waals surface area contributed by atoms with Crippen LogP contribution < -0.4 is 16.8 Å². The van der Waals surface area contributed by atoms with E-state index in [9.17, 15) is 9.90 Å². The molecular weight excluding hydrogens is 382 g/mol. The molecule has 0 aliphatic carbocycles. The Morgan fingerprint density at radius 3 is 2.57 bits per heavy atom. The van der Waals surface area contributed by atoms with Gasteiger partial charge in [0.05, 0.1) is 12.3 Å². The number of aliphatic hydroxyl groups excluding tert-OH is 1. The van der Waals surface area contributed by atoms with Gasteiger partial charge in [0, 0.05) is 16.4 Å². The Hall–Kier alpha value is -3.30. The van der Waals surface area contributed by atoms with Gasteiger partial charge in [-0.2, -0.15) is 0 Å². The Balaban J connectivity index is 1.82. The Kier molecular flexibility index (Phi) is 5.67. The zero-order valence-corrected chi connectivity index (χ0v) is 15.8. The predicted molar refractivity (Wildman–Crippen MR) is 107 cm³/mol. The summed E-state index contributed by atoms with van der Waals surface area (Å²) in [6.45, 7) is 1.51. The van der Waals surface area contributed by atoms with Gasteiger partial charge in [0.25, 0.3) is 5.91 Å². The average Bonchev–Trinajstić information content (AvgIpc) is 3.28. The van der Waals surface area contributed by atoms with Crippen LogP contribution in [0.15, 0.2) is 41.4 Å². The number of amides is 1. The molecule has 0 spiro atoms. The number of H-pyrrole nitrogens is 2. The highest BCUT2D eigenvalue weighted by Crippen LogP contribution is 2.21. The summed E-state index contributed by atoms with van der Waals surface area (Å²) < 4.78 is 0. The Bertz CT molecular complexity index is 1000. The molecule has 146 valence electrons. The number of nitrogens with zero attached hydrogens (tertiary/aromatic N) is 2. The molecule has 0 aliphatic heterocycles. The number of aromatic nitrogens is 3. The highest BCUT2D eigenvalue weighted by molar-refractivity contribution is 6.30. The molecule has 1 aromatic carbocycles. The van der Waals surface area contributed by atoms with E-state index in [1.165, 1.54) is 0 Å². The van der Waals surface area contributed by atoms with Crippen LogP contribution in [-0.4, -0.2) is 31.9 Å². The lowest BCUT2D eigenvalue weighted by Gasteiger charge is -2.12. The quantitative estimate of drug-likeness (QED) is 0.273. The van der Waals surface area contributed by atoms with Gasteiger partial charge in [-0.1, -0.05) is 23.7 Å². The number of aliphatic imine (C=N–C) groups is 1. The molecule has 2 aromatic heterocycles. The number of aryl methyl sites for hydroxylation is 1. The Labute approximate surface area is 165 Å². The van der Waals surface area contributed by atoms with Crippen LogP contribution in [0.5, 0.6) is 0 Å². The number of guanidine groups is 1. The molecule has 9 nitrogen and oxygen atoms in total. The first kappa shape index (κ1) is 19.5. The van der Waals surface area contributed by atoms with E-state index in [0.29, 0.717) is 27.9 Å². The molecule has 10 heteroatoms. The molecule has 0 saturated heterocycles. The van der Waals surface area contributed by atoms with E-state index in [1.807, 2.05) is 12.1 Å². The Morgan fingerprint density at radius 1 is 1.25 bits per heavy atom. The number of hydrogen-bond donors (Lipinski definition) is 6. The van der Waals surface area contributed by atoms with Crippen molar-refractivity contribution in [3.8, 4) is 11.3 Å². The molecule has 0 bridgehead atoms. The second-order valence-electron chi connectivity index (χ2n) is 6.07. The number of nitrogens with one attached hydrogen (secondary N) is 3. The van der Waals surface area contributed by atoms with E-state index < -0.39 is 12.1 Å². The van der Waals surface area contributed by atoms with Crippen molar-refractivity contribution in [1.29, 1.82) is 0 Å². The lowest BCUT2D eigenvalue weighted by molar-refractivity contribution is 0.0932. The summed E-state index contributed by atoms with van der Waals surface area (Å²) in [5, 5.41) is 12.6. The SMILES string of the molecule is Cc1[nH]c(C(N=C(N)N)NC(=O)c2ccc(-c3ccc(Cl)cc3)[nH]2)nc1CO. The second kappa shape index (κ2) is 8.15. The van der Waals surface area contributed by atoms with E-state index in [4.69, 9.17) is 23.1 Å². The largest absolute Gasteiger partial charge is 0.390 e. The molecule has 3 rings (SSSR count). The van der Waals surface area contributed by atoms with Crippen LogP contribution in [0.1, 0.15) is 33.9 Å². The third-order valence-electron chi connectivity index (χ3n) is 4.04. The third kappa shape index (κ3) is 4.33. The van der Waals surface area contributed by atoms with Gasteiger partial charge >= 0.3 is 0 Å². The summed E-state index contributed by atoms with van der Waals surface area (Å²) in [5.74, 6) is -0.319. The number of benzene rings is 1. The molecule has 0 radical (unpaired) electrons. The van der Waals surface area contributed by atoms with Gasteiger partial charge in [-0.05, 0) is 36.8 Å². The smallest absolute Gasteiger partial charge is 0.269 e. The van der Waals surface area contributed by atoms with Gasteiger partial charge in [0.1, 0.15) is 5.69 Å². The molecule has 1 amide bonds. The molecule has 1 unspecified atom stereocenters. The van der Waals surface area contributed by atoms with Gasteiger partial charge in [0.2, 0.25) is 0 Å². The zero-order chi connectivity index (χ0) is 20.3. The van der Waals surface area contributed by atoms with Gasteiger partial charge in [0.15, 0.2) is 17.9 Å². The number of nitrogens with two attached hydrogens (primary N) is 2. The number of carbonyl (C=O) groups is 1. The van der Waals surface area contributed by atoms with E-state index in [2.05, 4.69) is 25.3 Å². The number of imidazole rings is 1. The van der Waals surface area contributed by atoms with Crippen molar-refractivity contribution in [1.82, 2.24) is 20.3 Å². The number of aliphatic hydroxyl groups is 1. The molecule has 1 atom stereocenters. The average molecular weight is 402 g/mol. The number of aromatic amines is 2. The van der Waals surface area contributed by atoms with Crippen molar-refractivity contribution in [2.45, 2.75) is 19.7 Å². The predicted octanol–water partition coefficient (Wildman–Crippen LogP) is 1.56. The maximum absolute atomic E-state index is 12.7. The van der Waals surface area contributed by atoms with E-state index in [1.54, 1.807) is 31.2 Å². The molecule has 2 heterocycles. The third-order valence-corrected chi connectivity index (χ3v) is 4.30. The van der Waals surface area contributed by atoms with Gasteiger partial charge in [-0.15, -0.1) is 0 Å². The number of carbonyl (C=O) groups excluding carboxylic acids is 1. The minimum atomic E-state index is -0.932. The van der Waals surface area contributed by atoms with Crippen molar-refractivity contribution in [3.05, 3.63) is 64.3 Å². The van der Waals surface area contributed by atoms with E-state index >= 15 is 0 Å². The molecular formula is C18H20ClN7O2. The van der Waals surface area contributed by atoms with Gasteiger partial charge in [-0.3, -0.25) is 4.79 Å². The second-order valence-corrected chi connectivity index (χ2v) is 6.51. The minimum Gasteiger partial charge on any atom is -0.390 e. The van der Waals surface area contributed by atoms with Crippen molar-refractivity contribution in [2.24, 2.45) is 16.5 Å². The van der Waals surface area contributed by atoms with E-state index in [-0.39, 0.29) is 12.6 Å². The van der Waals surface area contributed by atoms with Crippen LogP contribution in [0.25, 0.3) is 11.3 Å². The summed E-state index contributed by atoms with van der Waals surface area (Å²) in [4.78, 5) is 26.9. The normalized spacial score (nSPS) is 11.8. The van der Waals surface area contributed by atoms with Gasteiger partial charge < -0.3 is 31.9 Å². The monoisotopic (exact) mass is 401 g/mol. The first-order valence-corrected chi connectivity index (χ1v) is 8.76. The summed E-state index contributed by atoms with van der Waals surface area (Å²) in [5.41, 5.74) is 14.0. The molecule has 8 N–H and O–H groups in total. The molecule has 28 heavy (non-hydrogen) atoms. The van der Waals surface area contributed by atoms with Crippen molar-refractivity contribution in [2.75, 3.05) is 0 Å². The van der Waals surface area contributed by atoms with Crippen LogP contribution in [0.2, 0.25) is 5.02 Å². The highest BCUT2D eigenvalue weighted by Gasteiger charge is 2.20. The standard InChI is InChI=1S/C18H20ClN7O2/c1-9-14(8-27)24-15(22-9)16(26-18(20)21)25-17(28)13-7-6-12(23-13)10-2-4-11(19)5-3-10/h2-7,16,23,27H,8H2,1H3,(H,22,24)(H,25,28)(H4,20,21,26). The summed E-state index contributed by atoms with van der Waals surface area (Å²) in [7, 11) is 0. The number of hydrogen-bond acceptors (Lipinski definition) is 4. The zero-order valence-electron chi connectivity index (χ0n) is 15.0. The van der Waals surface area contributed by atoms with Crippen molar-refractivity contribution in [3.63, 3.8) is 0 Å². The summed E-state index contributed by atoms with van der Waals surface area (Å²) in [6.07, 6.45) is -0.932. The lowest BCUT2D eigenvalue weighted by Crippen LogP contribution is -2.32. The topological polar surface area (TPSA) is 158 Å². The fourth-order valence-corrected chi connectivity index (χ4v) is 2.77. The Morgan fingerprint density at radius 2 is 1.96 bits per heavy atom. The van der Waals surface area contributed by atoms with Crippen molar-refractivity contribution < 1.29 is 9.90 Å². The highest BCUT2D eigenvalue weighted by atomic mass is 35.5. The summed E-state index contributed by atoms with van der Waals surface area (Å²) >= 11 is 5.90. The fraction of sp³-hybridized carbons (Fsp3) is 0.167. The molecule has 0 fully saturated rings. The van der Waals surface area contributed by atoms with Crippen molar-refractivity contribution >= 4 is 23.5 Å². The maximum atomic E-state index is 12.7. The maximum Gasteiger partial charge on any atom is 0.269 e. The van der Waals surface area contributed by atoms with E-state index in [0.717, 1.165) is 11.3 Å². The minimum absolute atomic E-state index is 0.210. The fourth-order valence-electron chi connectivity index (χ4n) is 2.64. The summed E-state index contributed by atoms with van der Waals surface area (Å²) in [6, 6.07) is 10.7. The number of halogens is 1. The van der Waals surface area contributed by atoms with Gasteiger partial charge in [-0.25, -0.2) is 9.98 Å². The van der Waals surface area contributed by atoms with Crippen LogP contribution >= 0.6 is 11.6 Å². The number of rotatable bonds is 6. The van der Waals surface area contributed by atoms with Crippen LogP contribution in [0.4, 0.5) is 0 Å². The molecule has 3 aromatic rings. The van der Waals surface area contributed by atoms with Crippen LogP contribution in [0.3, 0.4) is 0 Å². The van der Waals surface area contributed by atoms with Crippen LogP contribution in [-0.2, 0) is 6.61 Å². The molecule has 0 saturated carbocycles. The lowest BCUT2D eigenvalue weighted by atomic mass is 10.2. The first-order valence-electron chi connectivity index (χ1n) is 8.38. The molecule has 0 aliphatic rings.